The van der Waals surface area contributed by atoms with Crippen molar-refractivity contribution in [2.24, 2.45) is 0 Å². The molecule has 0 bridgehead atoms. The van der Waals surface area contributed by atoms with Crippen LogP contribution in [0.1, 0.15) is 49.8 Å². The molecule has 22 heavy (non-hydrogen) atoms. The fourth-order valence-corrected chi connectivity index (χ4v) is 3.07. The van der Waals surface area contributed by atoms with E-state index >= 15 is 0 Å². The molecule has 0 radical (unpaired) electrons. The number of aryl methyl sites for hydroxylation is 1. The Kier molecular flexibility index (Phi) is 4.22. The van der Waals surface area contributed by atoms with Crippen LogP contribution in [0.25, 0.3) is 5.78 Å². The number of H-pyrrole nitrogens is 1. The topological polar surface area (TPSA) is 92.2 Å². The lowest BCUT2D eigenvalue weighted by atomic mass is 9.95. The van der Waals surface area contributed by atoms with Gasteiger partial charge in [0.2, 0.25) is 5.91 Å². The minimum Gasteiger partial charge on any atom is -0.353 e. The summed E-state index contributed by atoms with van der Waals surface area (Å²) in [6.07, 6.45) is 7.91. The maximum absolute atomic E-state index is 12.3. The van der Waals surface area contributed by atoms with Gasteiger partial charge in [0.15, 0.2) is 0 Å². The van der Waals surface area contributed by atoms with Crippen molar-refractivity contribution in [1.29, 1.82) is 0 Å². The zero-order valence-electron chi connectivity index (χ0n) is 12.8. The maximum atomic E-state index is 12.3. The summed E-state index contributed by atoms with van der Waals surface area (Å²) in [6, 6.07) is 0.302. The summed E-state index contributed by atoms with van der Waals surface area (Å²) in [5.41, 5.74) is 1.04. The van der Waals surface area contributed by atoms with Gasteiger partial charge in [-0.25, -0.2) is 9.97 Å². The largest absolute Gasteiger partial charge is 0.353 e. The van der Waals surface area contributed by atoms with Gasteiger partial charge < -0.3 is 5.32 Å². The van der Waals surface area contributed by atoms with Gasteiger partial charge in [-0.1, -0.05) is 19.3 Å². The zero-order chi connectivity index (χ0) is 15.5. The second-order valence-corrected chi connectivity index (χ2v) is 5.91. The van der Waals surface area contributed by atoms with Crippen molar-refractivity contribution in [2.45, 2.75) is 57.9 Å². The lowest BCUT2D eigenvalue weighted by Gasteiger charge is -2.22. The smallest absolute Gasteiger partial charge is 0.277 e. The third kappa shape index (κ3) is 3.03. The number of rotatable bonds is 4. The summed E-state index contributed by atoms with van der Waals surface area (Å²) in [4.78, 5) is 32.6. The van der Waals surface area contributed by atoms with E-state index in [2.05, 4.69) is 20.4 Å². The van der Waals surface area contributed by atoms with E-state index in [-0.39, 0.29) is 11.5 Å². The van der Waals surface area contributed by atoms with Crippen LogP contribution in [-0.2, 0) is 11.2 Å². The normalized spacial score (nSPS) is 16.0. The average molecular weight is 303 g/mol. The number of hydrogen-bond acceptors (Lipinski definition) is 4. The lowest BCUT2D eigenvalue weighted by molar-refractivity contribution is -0.121. The molecule has 1 amide bonds. The van der Waals surface area contributed by atoms with Gasteiger partial charge in [0.25, 0.3) is 11.3 Å². The Morgan fingerprint density at radius 2 is 2.18 bits per heavy atom. The van der Waals surface area contributed by atoms with Gasteiger partial charge in [-0.2, -0.15) is 4.52 Å². The SMILES string of the molecule is Cc1nc2nc[nH]n2c(=O)c1CCC(=O)NC1CCCCC1. The van der Waals surface area contributed by atoms with Crippen LogP contribution in [0, 0.1) is 6.92 Å². The molecule has 1 aliphatic rings. The summed E-state index contributed by atoms with van der Waals surface area (Å²) >= 11 is 0. The second kappa shape index (κ2) is 6.29. The molecule has 2 heterocycles. The van der Waals surface area contributed by atoms with Crippen LogP contribution in [-0.4, -0.2) is 31.5 Å². The molecule has 0 unspecified atom stereocenters. The first-order valence-corrected chi connectivity index (χ1v) is 7.86. The Labute approximate surface area is 128 Å². The average Bonchev–Trinajstić information content (AvgIpc) is 2.96. The van der Waals surface area contributed by atoms with Gasteiger partial charge >= 0.3 is 0 Å². The van der Waals surface area contributed by atoms with E-state index in [1.54, 1.807) is 6.92 Å². The first-order chi connectivity index (χ1) is 10.6. The van der Waals surface area contributed by atoms with Crippen LogP contribution in [0.15, 0.2) is 11.1 Å². The van der Waals surface area contributed by atoms with E-state index in [0.29, 0.717) is 35.9 Å². The zero-order valence-corrected chi connectivity index (χ0v) is 12.8. The monoisotopic (exact) mass is 303 g/mol. The predicted octanol–water partition coefficient (Wildman–Crippen LogP) is 1.11. The minimum atomic E-state index is -0.175. The van der Waals surface area contributed by atoms with Crippen LogP contribution in [0.2, 0.25) is 0 Å². The molecule has 2 aromatic heterocycles. The van der Waals surface area contributed by atoms with Gasteiger partial charge in [-0.3, -0.25) is 14.7 Å². The molecule has 7 heteroatoms. The molecular formula is C15H21N5O2. The number of fused-ring (bicyclic) bond motifs is 1. The molecule has 118 valence electrons. The Balaban J connectivity index is 1.65. The van der Waals surface area contributed by atoms with Crippen molar-refractivity contribution in [2.75, 3.05) is 0 Å². The third-order valence-corrected chi connectivity index (χ3v) is 4.30. The molecule has 1 aliphatic carbocycles. The molecule has 2 N–H and O–H groups in total. The van der Waals surface area contributed by atoms with Gasteiger partial charge in [-0.15, -0.1) is 0 Å². The Bertz CT molecular complexity index is 727. The maximum Gasteiger partial charge on any atom is 0.277 e. The van der Waals surface area contributed by atoms with Crippen molar-refractivity contribution in [3.8, 4) is 0 Å². The number of aromatic nitrogens is 4. The molecule has 0 aromatic carbocycles. The summed E-state index contributed by atoms with van der Waals surface area (Å²) < 4.78 is 1.31. The number of aromatic amines is 1. The van der Waals surface area contributed by atoms with Crippen molar-refractivity contribution in [3.63, 3.8) is 0 Å². The van der Waals surface area contributed by atoms with Crippen LogP contribution >= 0.6 is 0 Å². The fourth-order valence-electron chi connectivity index (χ4n) is 3.07. The van der Waals surface area contributed by atoms with E-state index in [0.717, 1.165) is 12.8 Å². The molecule has 3 rings (SSSR count). The summed E-state index contributed by atoms with van der Waals surface area (Å²) in [5, 5.41) is 5.81. The quantitative estimate of drug-likeness (QED) is 0.885. The highest BCUT2D eigenvalue weighted by atomic mass is 16.1. The van der Waals surface area contributed by atoms with E-state index in [4.69, 9.17) is 0 Å². The van der Waals surface area contributed by atoms with Gasteiger partial charge in [0, 0.05) is 18.0 Å². The standard InChI is InChI=1S/C15H21N5O2/c1-10-12(14(22)20-15(18-10)16-9-17-20)7-8-13(21)19-11-5-3-2-4-6-11/h9,11H,2-8H2,1H3,(H,19,21)(H,16,17,18). The minimum absolute atomic E-state index is 0.0143. The molecule has 1 fully saturated rings. The Morgan fingerprint density at radius 3 is 2.95 bits per heavy atom. The van der Waals surface area contributed by atoms with Gasteiger partial charge in [-0.05, 0) is 26.2 Å². The Hall–Kier alpha value is -2.18. The van der Waals surface area contributed by atoms with E-state index in [1.165, 1.54) is 30.1 Å². The van der Waals surface area contributed by atoms with Crippen molar-refractivity contribution in [1.82, 2.24) is 24.9 Å². The molecule has 0 aliphatic heterocycles. The second-order valence-electron chi connectivity index (χ2n) is 5.91. The van der Waals surface area contributed by atoms with Crippen LogP contribution in [0.5, 0.6) is 0 Å². The highest BCUT2D eigenvalue weighted by Gasteiger charge is 2.17. The molecule has 0 saturated heterocycles. The molecule has 0 atom stereocenters. The first kappa shape index (κ1) is 14.7. The Morgan fingerprint density at radius 1 is 1.41 bits per heavy atom. The van der Waals surface area contributed by atoms with E-state index in [9.17, 15) is 9.59 Å². The lowest BCUT2D eigenvalue weighted by Crippen LogP contribution is -2.36. The van der Waals surface area contributed by atoms with Gasteiger partial charge in [0.05, 0.1) is 5.69 Å². The van der Waals surface area contributed by atoms with Crippen LogP contribution in [0.3, 0.4) is 0 Å². The van der Waals surface area contributed by atoms with Crippen LogP contribution in [0.4, 0.5) is 0 Å². The summed E-state index contributed by atoms with van der Waals surface area (Å²) in [6.45, 7) is 1.78. The number of nitrogens with zero attached hydrogens (tertiary/aromatic N) is 3. The number of nitrogens with one attached hydrogen (secondary N) is 2. The highest BCUT2D eigenvalue weighted by molar-refractivity contribution is 5.76. The number of carbonyl (C=O) groups excluding carboxylic acids is 1. The molecule has 0 spiro atoms. The summed E-state index contributed by atoms with van der Waals surface area (Å²) in [7, 11) is 0. The third-order valence-electron chi connectivity index (χ3n) is 4.30. The molecular weight excluding hydrogens is 282 g/mol. The molecule has 7 nitrogen and oxygen atoms in total. The van der Waals surface area contributed by atoms with Crippen molar-refractivity contribution < 1.29 is 4.79 Å². The molecule has 2 aromatic rings. The van der Waals surface area contributed by atoms with E-state index < -0.39 is 0 Å². The van der Waals surface area contributed by atoms with Crippen molar-refractivity contribution in [3.05, 3.63) is 27.9 Å². The van der Waals surface area contributed by atoms with Crippen molar-refractivity contribution >= 4 is 11.7 Å². The van der Waals surface area contributed by atoms with Gasteiger partial charge in [0.1, 0.15) is 6.33 Å². The summed E-state index contributed by atoms with van der Waals surface area (Å²) in [5.74, 6) is 0.373. The highest BCUT2D eigenvalue weighted by Crippen LogP contribution is 2.17. The first-order valence-electron chi connectivity index (χ1n) is 7.86. The predicted molar refractivity (Wildman–Crippen MR) is 81.7 cm³/mol. The van der Waals surface area contributed by atoms with Crippen LogP contribution < -0.4 is 10.9 Å². The number of carbonyl (C=O) groups is 1. The molecule has 1 saturated carbocycles. The fraction of sp³-hybridized carbons (Fsp3) is 0.600. The van der Waals surface area contributed by atoms with E-state index in [1.807, 2.05) is 0 Å². The number of amides is 1. The number of hydrogen-bond donors (Lipinski definition) is 2.